The van der Waals surface area contributed by atoms with Crippen LogP contribution in [0.15, 0.2) is 17.5 Å². The maximum Gasteiger partial charge on any atom is 0.0637 e. The third-order valence-electron chi connectivity index (χ3n) is 2.35. The second-order valence-corrected chi connectivity index (χ2v) is 5.24. The second-order valence-electron chi connectivity index (χ2n) is 4.21. The number of ether oxygens (including phenoxy) is 1. The molecule has 0 fully saturated rings. The topological polar surface area (TPSA) is 35.2 Å². The third kappa shape index (κ3) is 3.78. The first kappa shape index (κ1) is 11.7. The minimum Gasteiger partial charge on any atom is -0.379 e. The van der Waals surface area contributed by atoms with Gasteiger partial charge in [0, 0.05) is 18.0 Å². The number of rotatable bonds is 5. The minimum atomic E-state index is -0.114. The van der Waals surface area contributed by atoms with Crippen LogP contribution in [0.3, 0.4) is 0 Å². The van der Waals surface area contributed by atoms with E-state index in [1.807, 2.05) is 0 Å². The normalized spacial score (nSPS) is 14.3. The zero-order valence-corrected chi connectivity index (χ0v) is 9.93. The molecule has 0 saturated heterocycles. The molecule has 0 saturated carbocycles. The summed E-state index contributed by atoms with van der Waals surface area (Å²) in [6, 6.07) is 4.38. The molecule has 1 rings (SSSR count). The van der Waals surface area contributed by atoms with Crippen molar-refractivity contribution in [3.05, 3.63) is 22.4 Å². The van der Waals surface area contributed by atoms with Crippen molar-refractivity contribution in [1.82, 2.24) is 0 Å². The van der Waals surface area contributed by atoms with Gasteiger partial charge in [0.25, 0.3) is 0 Å². The third-order valence-corrected chi connectivity index (χ3v) is 3.25. The van der Waals surface area contributed by atoms with Gasteiger partial charge in [-0.25, -0.2) is 0 Å². The fourth-order valence-corrected chi connectivity index (χ4v) is 2.27. The van der Waals surface area contributed by atoms with Crippen LogP contribution in [-0.2, 0) is 11.2 Å². The molecule has 0 aromatic carbocycles. The van der Waals surface area contributed by atoms with E-state index < -0.39 is 0 Å². The standard InChI is InChI=1S/C11H19NOS/c1-11(2,13-3)8-9(12)7-10-5-4-6-14-10/h4-6,9H,7-8,12H2,1-3H3. The van der Waals surface area contributed by atoms with Gasteiger partial charge < -0.3 is 10.5 Å². The van der Waals surface area contributed by atoms with Gasteiger partial charge in [0.05, 0.1) is 5.60 Å². The number of thiophene rings is 1. The van der Waals surface area contributed by atoms with Crippen molar-refractivity contribution in [3.8, 4) is 0 Å². The lowest BCUT2D eigenvalue weighted by Crippen LogP contribution is -2.34. The first-order valence-electron chi connectivity index (χ1n) is 4.86. The van der Waals surface area contributed by atoms with Crippen molar-refractivity contribution in [2.75, 3.05) is 7.11 Å². The molecule has 80 valence electrons. The van der Waals surface area contributed by atoms with Crippen LogP contribution in [0.5, 0.6) is 0 Å². The molecule has 1 aromatic rings. The average Bonchev–Trinajstić information content (AvgIpc) is 2.55. The Morgan fingerprint density at radius 1 is 1.57 bits per heavy atom. The molecule has 1 atom stereocenters. The highest BCUT2D eigenvalue weighted by Crippen LogP contribution is 2.18. The van der Waals surface area contributed by atoms with Crippen LogP contribution in [0.2, 0.25) is 0 Å². The lowest BCUT2D eigenvalue weighted by molar-refractivity contribution is 0.0102. The van der Waals surface area contributed by atoms with Crippen LogP contribution >= 0.6 is 11.3 Å². The first-order valence-corrected chi connectivity index (χ1v) is 5.74. The second kappa shape index (κ2) is 4.91. The van der Waals surface area contributed by atoms with E-state index in [0.717, 1.165) is 12.8 Å². The van der Waals surface area contributed by atoms with Gasteiger partial charge in [-0.3, -0.25) is 0 Å². The SMILES string of the molecule is COC(C)(C)CC(N)Cc1cccs1. The van der Waals surface area contributed by atoms with Gasteiger partial charge >= 0.3 is 0 Å². The fourth-order valence-electron chi connectivity index (χ4n) is 1.47. The lowest BCUT2D eigenvalue weighted by Gasteiger charge is -2.26. The van der Waals surface area contributed by atoms with Crippen LogP contribution in [-0.4, -0.2) is 18.8 Å². The quantitative estimate of drug-likeness (QED) is 0.815. The Morgan fingerprint density at radius 2 is 2.29 bits per heavy atom. The summed E-state index contributed by atoms with van der Waals surface area (Å²) in [6.45, 7) is 4.14. The monoisotopic (exact) mass is 213 g/mol. The summed E-state index contributed by atoms with van der Waals surface area (Å²) in [4.78, 5) is 1.35. The summed E-state index contributed by atoms with van der Waals surface area (Å²) in [5.74, 6) is 0. The molecule has 0 aliphatic carbocycles. The zero-order chi connectivity index (χ0) is 10.6. The van der Waals surface area contributed by atoms with Crippen LogP contribution < -0.4 is 5.73 Å². The molecule has 2 N–H and O–H groups in total. The number of hydrogen-bond acceptors (Lipinski definition) is 3. The number of hydrogen-bond donors (Lipinski definition) is 1. The van der Waals surface area contributed by atoms with Crippen LogP contribution in [0.25, 0.3) is 0 Å². The summed E-state index contributed by atoms with van der Waals surface area (Å²) in [7, 11) is 1.73. The van der Waals surface area contributed by atoms with Crippen molar-refractivity contribution >= 4 is 11.3 Å². The van der Waals surface area contributed by atoms with Crippen molar-refractivity contribution in [3.63, 3.8) is 0 Å². The zero-order valence-electron chi connectivity index (χ0n) is 9.12. The molecule has 1 unspecified atom stereocenters. The number of methoxy groups -OCH3 is 1. The van der Waals surface area contributed by atoms with Gasteiger partial charge in [-0.15, -0.1) is 11.3 Å². The molecular formula is C11H19NOS. The summed E-state index contributed by atoms with van der Waals surface area (Å²) >= 11 is 1.76. The molecule has 0 radical (unpaired) electrons. The Morgan fingerprint density at radius 3 is 2.79 bits per heavy atom. The molecule has 0 spiro atoms. The van der Waals surface area contributed by atoms with E-state index in [9.17, 15) is 0 Å². The molecule has 1 heterocycles. The summed E-state index contributed by atoms with van der Waals surface area (Å²) in [5, 5.41) is 2.09. The average molecular weight is 213 g/mol. The largest absolute Gasteiger partial charge is 0.379 e. The van der Waals surface area contributed by atoms with Gasteiger partial charge in [-0.05, 0) is 38.1 Å². The molecule has 0 bridgehead atoms. The Bertz CT molecular complexity index is 256. The van der Waals surface area contributed by atoms with Gasteiger partial charge in [-0.2, -0.15) is 0 Å². The summed E-state index contributed by atoms with van der Waals surface area (Å²) < 4.78 is 5.35. The maximum atomic E-state index is 6.05. The number of nitrogens with two attached hydrogens (primary N) is 1. The van der Waals surface area contributed by atoms with E-state index in [-0.39, 0.29) is 11.6 Å². The van der Waals surface area contributed by atoms with E-state index >= 15 is 0 Å². The Kier molecular flexibility index (Phi) is 4.11. The molecule has 14 heavy (non-hydrogen) atoms. The van der Waals surface area contributed by atoms with E-state index in [1.54, 1.807) is 18.4 Å². The van der Waals surface area contributed by atoms with E-state index in [2.05, 4.69) is 31.4 Å². The fraction of sp³-hybridized carbons (Fsp3) is 0.636. The molecule has 0 aliphatic heterocycles. The van der Waals surface area contributed by atoms with Crippen molar-refractivity contribution in [2.24, 2.45) is 5.73 Å². The molecule has 0 aliphatic rings. The summed E-state index contributed by atoms with van der Waals surface area (Å²) in [5.41, 5.74) is 5.94. The maximum absolute atomic E-state index is 6.05. The van der Waals surface area contributed by atoms with E-state index in [0.29, 0.717) is 0 Å². The van der Waals surface area contributed by atoms with E-state index in [1.165, 1.54) is 4.88 Å². The molecule has 0 amide bonds. The first-order chi connectivity index (χ1) is 6.53. The molecule has 2 nitrogen and oxygen atoms in total. The lowest BCUT2D eigenvalue weighted by atomic mass is 9.97. The smallest absolute Gasteiger partial charge is 0.0637 e. The van der Waals surface area contributed by atoms with Crippen molar-refractivity contribution < 1.29 is 4.74 Å². The highest BCUT2D eigenvalue weighted by Gasteiger charge is 2.20. The van der Waals surface area contributed by atoms with Gasteiger partial charge in [0.15, 0.2) is 0 Å². The van der Waals surface area contributed by atoms with Crippen molar-refractivity contribution in [2.45, 2.75) is 38.3 Å². The van der Waals surface area contributed by atoms with Gasteiger partial charge in [-0.1, -0.05) is 6.07 Å². The Balaban J connectivity index is 2.40. The minimum absolute atomic E-state index is 0.114. The summed E-state index contributed by atoms with van der Waals surface area (Å²) in [6.07, 6.45) is 1.84. The molecule has 3 heteroatoms. The Labute approximate surface area is 90.1 Å². The van der Waals surface area contributed by atoms with Crippen LogP contribution in [0.1, 0.15) is 25.1 Å². The van der Waals surface area contributed by atoms with E-state index in [4.69, 9.17) is 10.5 Å². The molecule has 1 aromatic heterocycles. The predicted octanol–water partition coefficient (Wildman–Crippen LogP) is 2.43. The van der Waals surface area contributed by atoms with Crippen LogP contribution in [0, 0.1) is 0 Å². The highest BCUT2D eigenvalue weighted by molar-refractivity contribution is 7.09. The Hall–Kier alpha value is -0.380. The van der Waals surface area contributed by atoms with Gasteiger partial charge in [0.1, 0.15) is 0 Å². The van der Waals surface area contributed by atoms with Gasteiger partial charge in [0.2, 0.25) is 0 Å². The van der Waals surface area contributed by atoms with Crippen molar-refractivity contribution in [1.29, 1.82) is 0 Å². The van der Waals surface area contributed by atoms with Crippen LogP contribution in [0.4, 0.5) is 0 Å². The molecular weight excluding hydrogens is 194 g/mol. The highest BCUT2D eigenvalue weighted by atomic mass is 32.1. The predicted molar refractivity (Wildman–Crippen MR) is 61.7 cm³/mol.